The fourth-order valence-electron chi connectivity index (χ4n) is 3.11. The highest BCUT2D eigenvalue weighted by atomic mass is 32.2. The Bertz CT molecular complexity index is 712. The van der Waals surface area contributed by atoms with Gasteiger partial charge in [0.1, 0.15) is 5.82 Å². The van der Waals surface area contributed by atoms with E-state index in [4.69, 9.17) is 4.74 Å². The number of H-pyrrole nitrogens is 1. The van der Waals surface area contributed by atoms with Crippen molar-refractivity contribution in [1.82, 2.24) is 18.6 Å². The zero-order chi connectivity index (χ0) is 16.4. The van der Waals surface area contributed by atoms with Gasteiger partial charge >= 0.3 is 0 Å². The van der Waals surface area contributed by atoms with E-state index in [1.807, 2.05) is 0 Å². The molecule has 0 radical (unpaired) electrons. The van der Waals surface area contributed by atoms with Gasteiger partial charge in [0.2, 0.25) is 0 Å². The van der Waals surface area contributed by atoms with E-state index in [9.17, 15) is 13.2 Å². The van der Waals surface area contributed by atoms with Crippen LogP contribution >= 0.6 is 0 Å². The number of rotatable bonds is 3. The standard InChI is InChI=1S/C14H22N4O4S/c1-11-9-13(19)16-14(15-11)12-3-2-4-18(10-12)23(20,21)17-5-7-22-8-6-17/h9,12H,2-8,10H2,1H3,(H,15,16,19)/t12-/m0/s1. The Morgan fingerprint density at radius 3 is 2.70 bits per heavy atom. The van der Waals surface area contributed by atoms with E-state index in [-0.39, 0.29) is 11.5 Å². The van der Waals surface area contributed by atoms with Crippen LogP contribution in [0.15, 0.2) is 10.9 Å². The lowest BCUT2D eigenvalue weighted by molar-refractivity contribution is 0.0695. The molecular weight excluding hydrogens is 320 g/mol. The van der Waals surface area contributed by atoms with Crippen molar-refractivity contribution in [3.05, 3.63) is 27.9 Å². The Morgan fingerprint density at radius 2 is 2.00 bits per heavy atom. The van der Waals surface area contributed by atoms with Gasteiger partial charge in [-0.25, -0.2) is 4.98 Å². The lowest BCUT2D eigenvalue weighted by Crippen LogP contribution is -2.51. The fourth-order valence-corrected chi connectivity index (χ4v) is 4.78. The number of aromatic amines is 1. The quantitative estimate of drug-likeness (QED) is 0.823. The summed E-state index contributed by atoms with van der Waals surface area (Å²) >= 11 is 0. The van der Waals surface area contributed by atoms with Crippen LogP contribution in [-0.2, 0) is 14.9 Å². The maximum absolute atomic E-state index is 12.8. The Balaban J connectivity index is 1.78. The van der Waals surface area contributed by atoms with Crippen LogP contribution in [0, 0.1) is 6.92 Å². The summed E-state index contributed by atoms with van der Waals surface area (Å²) in [7, 11) is -3.48. The molecule has 128 valence electrons. The molecule has 3 rings (SSSR count). The minimum absolute atomic E-state index is 0.0767. The van der Waals surface area contributed by atoms with Gasteiger partial charge in [-0.15, -0.1) is 0 Å². The highest BCUT2D eigenvalue weighted by Crippen LogP contribution is 2.27. The van der Waals surface area contributed by atoms with E-state index in [1.165, 1.54) is 14.7 Å². The van der Waals surface area contributed by atoms with Gasteiger partial charge in [-0.05, 0) is 19.8 Å². The summed E-state index contributed by atoms with van der Waals surface area (Å²) < 4.78 is 33.7. The van der Waals surface area contributed by atoms with Crippen LogP contribution < -0.4 is 5.56 Å². The minimum atomic E-state index is -3.48. The number of hydrogen-bond acceptors (Lipinski definition) is 5. The molecule has 1 aromatic heterocycles. The first kappa shape index (κ1) is 16.6. The molecule has 9 heteroatoms. The van der Waals surface area contributed by atoms with Gasteiger partial charge in [0.25, 0.3) is 15.8 Å². The van der Waals surface area contributed by atoms with Crippen molar-refractivity contribution in [2.75, 3.05) is 39.4 Å². The lowest BCUT2D eigenvalue weighted by atomic mass is 9.99. The molecule has 0 amide bonds. The van der Waals surface area contributed by atoms with E-state index >= 15 is 0 Å². The molecule has 1 N–H and O–H groups in total. The Kier molecular flexibility index (Phi) is 4.81. The minimum Gasteiger partial charge on any atom is -0.379 e. The van der Waals surface area contributed by atoms with Crippen molar-refractivity contribution in [3.8, 4) is 0 Å². The van der Waals surface area contributed by atoms with Crippen LogP contribution in [0.1, 0.15) is 30.3 Å². The second-order valence-corrected chi connectivity index (χ2v) is 7.92. The van der Waals surface area contributed by atoms with Gasteiger partial charge in [0, 0.05) is 43.9 Å². The van der Waals surface area contributed by atoms with Crippen LogP contribution in [0.4, 0.5) is 0 Å². The van der Waals surface area contributed by atoms with Crippen molar-refractivity contribution >= 4 is 10.2 Å². The van der Waals surface area contributed by atoms with Crippen LogP contribution in [0.3, 0.4) is 0 Å². The van der Waals surface area contributed by atoms with Crippen LogP contribution in [0.5, 0.6) is 0 Å². The van der Waals surface area contributed by atoms with E-state index in [0.29, 0.717) is 50.9 Å². The molecule has 3 heterocycles. The van der Waals surface area contributed by atoms with Crippen molar-refractivity contribution in [2.45, 2.75) is 25.7 Å². The first-order valence-electron chi connectivity index (χ1n) is 7.87. The second kappa shape index (κ2) is 6.68. The number of aryl methyl sites for hydroxylation is 1. The van der Waals surface area contributed by atoms with Crippen LogP contribution in [0.25, 0.3) is 0 Å². The third-order valence-corrected chi connectivity index (χ3v) is 6.28. The van der Waals surface area contributed by atoms with E-state index in [2.05, 4.69) is 9.97 Å². The van der Waals surface area contributed by atoms with E-state index in [0.717, 1.165) is 12.8 Å². The topological polar surface area (TPSA) is 95.6 Å². The number of aromatic nitrogens is 2. The zero-order valence-electron chi connectivity index (χ0n) is 13.2. The molecule has 2 saturated heterocycles. The number of morpholine rings is 1. The van der Waals surface area contributed by atoms with Gasteiger partial charge < -0.3 is 9.72 Å². The summed E-state index contributed by atoms with van der Waals surface area (Å²) in [5.74, 6) is 0.504. The Hall–Kier alpha value is -1.29. The molecule has 0 spiro atoms. The predicted octanol–water partition coefficient (Wildman–Crippen LogP) is -0.165. The Labute approximate surface area is 135 Å². The molecule has 0 unspecified atom stereocenters. The number of hydrogen-bond donors (Lipinski definition) is 1. The van der Waals surface area contributed by atoms with Crippen molar-refractivity contribution in [3.63, 3.8) is 0 Å². The SMILES string of the molecule is Cc1cc(=O)[nH]c([C@H]2CCCN(S(=O)(=O)N3CCOCC3)C2)n1. The first-order valence-corrected chi connectivity index (χ1v) is 9.27. The highest BCUT2D eigenvalue weighted by Gasteiger charge is 2.35. The third kappa shape index (κ3) is 3.63. The average molecular weight is 342 g/mol. The fraction of sp³-hybridized carbons (Fsp3) is 0.714. The van der Waals surface area contributed by atoms with Gasteiger partial charge in [0.05, 0.1) is 13.2 Å². The maximum Gasteiger partial charge on any atom is 0.282 e. The summed E-state index contributed by atoms with van der Waals surface area (Å²) in [5.41, 5.74) is 0.456. The molecule has 2 aliphatic heterocycles. The van der Waals surface area contributed by atoms with Gasteiger partial charge in [-0.1, -0.05) is 0 Å². The summed E-state index contributed by atoms with van der Waals surface area (Å²) in [6.45, 7) is 4.28. The molecule has 23 heavy (non-hydrogen) atoms. The first-order chi connectivity index (χ1) is 11.0. The molecule has 0 aromatic carbocycles. The van der Waals surface area contributed by atoms with Crippen molar-refractivity contribution < 1.29 is 13.2 Å². The largest absolute Gasteiger partial charge is 0.379 e. The number of ether oxygens (including phenoxy) is 1. The molecule has 1 atom stereocenters. The molecule has 0 aliphatic carbocycles. The normalized spacial score (nSPS) is 24.7. The summed E-state index contributed by atoms with van der Waals surface area (Å²) in [5, 5.41) is 0. The van der Waals surface area contributed by atoms with E-state index in [1.54, 1.807) is 6.92 Å². The molecule has 1 aromatic rings. The maximum atomic E-state index is 12.8. The lowest BCUT2D eigenvalue weighted by Gasteiger charge is -2.36. The molecule has 2 aliphatic rings. The van der Waals surface area contributed by atoms with Gasteiger partial charge in [0.15, 0.2) is 0 Å². The summed E-state index contributed by atoms with van der Waals surface area (Å²) in [4.78, 5) is 18.8. The molecular formula is C14H22N4O4S. The highest BCUT2D eigenvalue weighted by molar-refractivity contribution is 7.86. The molecule has 0 saturated carbocycles. The van der Waals surface area contributed by atoms with Crippen molar-refractivity contribution in [2.24, 2.45) is 0 Å². The van der Waals surface area contributed by atoms with Crippen LogP contribution in [-0.4, -0.2) is 66.4 Å². The zero-order valence-corrected chi connectivity index (χ0v) is 14.0. The number of nitrogens with zero attached hydrogens (tertiary/aromatic N) is 3. The summed E-state index contributed by atoms with van der Waals surface area (Å²) in [6, 6.07) is 1.44. The summed E-state index contributed by atoms with van der Waals surface area (Å²) in [6.07, 6.45) is 1.58. The average Bonchev–Trinajstić information content (AvgIpc) is 2.55. The molecule has 0 bridgehead atoms. The number of nitrogens with one attached hydrogen (secondary N) is 1. The van der Waals surface area contributed by atoms with Crippen LogP contribution in [0.2, 0.25) is 0 Å². The third-order valence-electron chi connectivity index (χ3n) is 4.28. The van der Waals surface area contributed by atoms with Gasteiger partial charge in [-0.3, -0.25) is 4.79 Å². The Morgan fingerprint density at radius 1 is 1.26 bits per heavy atom. The number of piperidine rings is 1. The monoisotopic (exact) mass is 342 g/mol. The molecule has 2 fully saturated rings. The van der Waals surface area contributed by atoms with Crippen molar-refractivity contribution in [1.29, 1.82) is 0 Å². The smallest absolute Gasteiger partial charge is 0.282 e. The van der Waals surface area contributed by atoms with E-state index < -0.39 is 10.2 Å². The second-order valence-electron chi connectivity index (χ2n) is 5.99. The molecule has 8 nitrogen and oxygen atoms in total. The van der Waals surface area contributed by atoms with Gasteiger partial charge in [-0.2, -0.15) is 17.0 Å². The predicted molar refractivity (Wildman–Crippen MR) is 84.5 cm³/mol.